The number of carbonyl (C=O) groups excluding carboxylic acids is 2. The van der Waals surface area contributed by atoms with Gasteiger partial charge in [0.1, 0.15) is 12.0 Å². The number of carbonyl (C=O) groups is 2. The van der Waals surface area contributed by atoms with Crippen molar-refractivity contribution in [2.24, 2.45) is 0 Å². The molecule has 0 aromatic heterocycles. The third-order valence-electron chi connectivity index (χ3n) is 3.72. The second-order valence-corrected chi connectivity index (χ2v) is 5.24. The van der Waals surface area contributed by atoms with Crippen LogP contribution < -0.4 is 4.74 Å². The van der Waals surface area contributed by atoms with Gasteiger partial charge in [0.05, 0.1) is 7.11 Å². The predicted molar refractivity (Wildman–Crippen MR) is 90.9 cm³/mol. The molecule has 23 heavy (non-hydrogen) atoms. The van der Waals surface area contributed by atoms with Crippen LogP contribution in [0.1, 0.15) is 34.7 Å². The van der Waals surface area contributed by atoms with Gasteiger partial charge in [-0.3, -0.25) is 4.79 Å². The summed E-state index contributed by atoms with van der Waals surface area (Å²) in [4.78, 5) is 23.0. The quantitative estimate of drug-likeness (QED) is 0.417. The van der Waals surface area contributed by atoms with E-state index in [1.165, 1.54) is 0 Å². The van der Waals surface area contributed by atoms with Gasteiger partial charge in [-0.15, -0.1) is 0 Å². The van der Waals surface area contributed by atoms with Gasteiger partial charge in [-0.2, -0.15) is 0 Å². The van der Waals surface area contributed by atoms with Crippen LogP contribution >= 0.6 is 0 Å². The van der Waals surface area contributed by atoms with Crippen molar-refractivity contribution in [2.45, 2.75) is 18.8 Å². The Balaban J connectivity index is 2.00. The van der Waals surface area contributed by atoms with Crippen molar-refractivity contribution < 1.29 is 14.3 Å². The van der Waals surface area contributed by atoms with Gasteiger partial charge in [0.2, 0.25) is 0 Å². The molecule has 1 atom stereocenters. The molecule has 0 N–H and O–H groups in total. The zero-order chi connectivity index (χ0) is 16.5. The maximum atomic E-state index is 12.1. The first-order valence-electron chi connectivity index (χ1n) is 7.58. The zero-order valence-electron chi connectivity index (χ0n) is 13.1. The van der Waals surface area contributed by atoms with Crippen molar-refractivity contribution in [2.75, 3.05) is 7.11 Å². The zero-order valence-corrected chi connectivity index (χ0v) is 13.1. The minimum Gasteiger partial charge on any atom is -0.497 e. The summed E-state index contributed by atoms with van der Waals surface area (Å²) in [5.41, 5.74) is 1.73. The van der Waals surface area contributed by atoms with Crippen LogP contribution in [0.3, 0.4) is 0 Å². The van der Waals surface area contributed by atoms with Crippen LogP contribution in [-0.2, 0) is 4.79 Å². The van der Waals surface area contributed by atoms with E-state index in [0.717, 1.165) is 17.6 Å². The summed E-state index contributed by atoms with van der Waals surface area (Å²) in [5, 5.41) is 0. The molecule has 0 fully saturated rings. The molecule has 0 unspecified atom stereocenters. The first-order valence-corrected chi connectivity index (χ1v) is 7.58. The fraction of sp³-hybridized carbons (Fsp3) is 0.200. The summed E-state index contributed by atoms with van der Waals surface area (Å²) in [6.07, 6.45) is 5.45. The number of benzene rings is 2. The third-order valence-corrected chi connectivity index (χ3v) is 3.72. The van der Waals surface area contributed by atoms with Crippen molar-refractivity contribution in [3.8, 4) is 5.75 Å². The lowest BCUT2D eigenvalue weighted by molar-refractivity contribution is -0.108. The molecule has 3 heteroatoms. The molecular formula is C20H20O3. The topological polar surface area (TPSA) is 43.4 Å². The summed E-state index contributed by atoms with van der Waals surface area (Å²) in [6, 6.07) is 16.9. The molecule has 0 amide bonds. The molecule has 118 valence electrons. The van der Waals surface area contributed by atoms with Crippen molar-refractivity contribution in [3.63, 3.8) is 0 Å². The fourth-order valence-electron chi connectivity index (χ4n) is 2.40. The van der Waals surface area contributed by atoms with Gasteiger partial charge >= 0.3 is 0 Å². The highest BCUT2D eigenvalue weighted by atomic mass is 16.5. The van der Waals surface area contributed by atoms with Crippen molar-refractivity contribution >= 4 is 12.1 Å². The summed E-state index contributed by atoms with van der Waals surface area (Å²) < 4.78 is 5.08. The van der Waals surface area contributed by atoms with Crippen LogP contribution in [0.2, 0.25) is 0 Å². The normalized spacial score (nSPS) is 12.0. The predicted octanol–water partition coefficient (Wildman–Crippen LogP) is 4.20. The summed E-state index contributed by atoms with van der Waals surface area (Å²) in [6.45, 7) is 0. The number of aldehydes is 1. The van der Waals surface area contributed by atoms with E-state index in [0.29, 0.717) is 18.4 Å². The van der Waals surface area contributed by atoms with Gasteiger partial charge in [0, 0.05) is 12.0 Å². The highest BCUT2D eigenvalue weighted by Crippen LogP contribution is 2.23. The lowest BCUT2D eigenvalue weighted by Crippen LogP contribution is -1.99. The number of allylic oxidation sites excluding steroid dienone is 2. The lowest BCUT2D eigenvalue weighted by atomic mass is 9.93. The Morgan fingerprint density at radius 3 is 2.35 bits per heavy atom. The third kappa shape index (κ3) is 4.92. The van der Waals surface area contributed by atoms with E-state index in [-0.39, 0.29) is 11.7 Å². The Bertz CT molecular complexity index is 657. The van der Waals surface area contributed by atoms with Crippen LogP contribution in [-0.4, -0.2) is 19.2 Å². The molecule has 0 bridgehead atoms. The van der Waals surface area contributed by atoms with Gasteiger partial charge in [0.15, 0.2) is 5.78 Å². The van der Waals surface area contributed by atoms with E-state index in [1.807, 2.05) is 36.4 Å². The Kier molecular flexibility index (Phi) is 6.30. The summed E-state index contributed by atoms with van der Waals surface area (Å²) >= 11 is 0. The maximum Gasteiger partial charge on any atom is 0.185 e. The van der Waals surface area contributed by atoms with Crippen LogP contribution in [0, 0.1) is 0 Å². The molecule has 2 rings (SSSR count). The standard InChI is InChI=1S/C20H20O3/c1-23-19-12-10-18(11-13-19)20(22)9-5-8-17(14-15-21)16-6-3-2-4-7-16/h2-7,9-13,15,17H,8,14H2,1H3/b9-5+/t17-/m1/s1. The molecule has 0 saturated carbocycles. The molecular weight excluding hydrogens is 288 g/mol. The first-order chi connectivity index (χ1) is 11.2. The lowest BCUT2D eigenvalue weighted by Gasteiger charge is -2.11. The van der Waals surface area contributed by atoms with E-state index in [1.54, 1.807) is 37.5 Å². The second-order valence-electron chi connectivity index (χ2n) is 5.24. The molecule has 0 spiro atoms. The highest BCUT2D eigenvalue weighted by Gasteiger charge is 2.09. The highest BCUT2D eigenvalue weighted by molar-refractivity contribution is 6.04. The molecule has 0 aliphatic rings. The van der Waals surface area contributed by atoms with E-state index < -0.39 is 0 Å². The number of rotatable bonds is 8. The molecule has 2 aromatic carbocycles. The van der Waals surface area contributed by atoms with E-state index in [9.17, 15) is 9.59 Å². The van der Waals surface area contributed by atoms with E-state index >= 15 is 0 Å². The van der Waals surface area contributed by atoms with Gasteiger partial charge in [-0.25, -0.2) is 0 Å². The monoisotopic (exact) mass is 308 g/mol. The molecule has 0 heterocycles. The van der Waals surface area contributed by atoms with Crippen LogP contribution in [0.15, 0.2) is 66.7 Å². The van der Waals surface area contributed by atoms with Crippen LogP contribution in [0.4, 0.5) is 0 Å². The van der Waals surface area contributed by atoms with Crippen molar-refractivity contribution in [1.29, 1.82) is 0 Å². The number of ether oxygens (including phenoxy) is 1. The Morgan fingerprint density at radius 1 is 1.04 bits per heavy atom. The minimum absolute atomic E-state index is 0.0504. The van der Waals surface area contributed by atoms with Crippen LogP contribution in [0.5, 0.6) is 5.75 Å². The molecule has 0 saturated heterocycles. The largest absolute Gasteiger partial charge is 0.497 e. The molecule has 2 aromatic rings. The van der Waals surface area contributed by atoms with Crippen LogP contribution in [0.25, 0.3) is 0 Å². The van der Waals surface area contributed by atoms with Gasteiger partial charge in [-0.05, 0) is 48.2 Å². The van der Waals surface area contributed by atoms with Crippen molar-refractivity contribution in [3.05, 3.63) is 77.9 Å². The Labute approximate surface area is 136 Å². The molecule has 3 nitrogen and oxygen atoms in total. The summed E-state index contributed by atoms with van der Waals surface area (Å²) in [5.74, 6) is 0.778. The Morgan fingerprint density at radius 2 is 1.74 bits per heavy atom. The van der Waals surface area contributed by atoms with Crippen molar-refractivity contribution in [1.82, 2.24) is 0 Å². The Hall–Kier alpha value is -2.68. The van der Waals surface area contributed by atoms with E-state index in [2.05, 4.69) is 0 Å². The minimum atomic E-state index is -0.0504. The maximum absolute atomic E-state index is 12.1. The average Bonchev–Trinajstić information content (AvgIpc) is 2.61. The van der Waals surface area contributed by atoms with Gasteiger partial charge in [0.25, 0.3) is 0 Å². The van der Waals surface area contributed by atoms with Gasteiger partial charge in [-0.1, -0.05) is 36.4 Å². The first kappa shape index (κ1) is 16.7. The smallest absolute Gasteiger partial charge is 0.185 e. The number of methoxy groups -OCH3 is 1. The number of ketones is 1. The average molecular weight is 308 g/mol. The van der Waals surface area contributed by atoms with E-state index in [4.69, 9.17) is 4.74 Å². The number of hydrogen-bond donors (Lipinski definition) is 0. The summed E-state index contributed by atoms with van der Waals surface area (Å²) in [7, 11) is 1.59. The second kappa shape index (κ2) is 8.69. The molecule has 0 aliphatic carbocycles. The molecule has 0 aliphatic heterocycles. The fourth-order valence-corrected chi connectivity index (χ4v) is 2.40. The number of hydrogen-bond acceptors (Lipinski definition) is 3. The SMILES string of the molecule is COc1ccc(C(=O)/C=C/C[C@H](CC=O)c2ccccc2)cc1. The molecule has 0 radical (unpaired) electrons. The van der Waals surface area contributed by atoms with Gasteiger partial charge < -0.3 is 9.53 Å².